The Kier molecular flexibility index (Phi) is 3.65. The molecule has 0 radical (unpaired) electrons. The molecule has 0 bridgehead atoms. The third kappa shape index (κ3) is 2.71. The van der Waals surface area contributed by atoms with Gasteiger partial charge in [0.15, 0.2) is 0 Å². The highest BCUT2D eigenvalue weighted by atomic mass is 16.5. The molecule has 1 heterocycles. The molecule has 1 aliphatic heterocycles. The Bertz CT molecular complexity index is 198. The van der Waals surface area contributed by atoms with Crippen LogP contribution in [0.25, 0.3) is 0 Å². The van der Waals surface area contributed by atoms with Gasteiger partial charge in [-0.25, -0.2) is 0 Å². The van der Waals surface area contributed by atoms with Gasteiger partial charge in [-0.3, -0.25) is 4.90 Å². The lowest BCUT2D eigenvalue weighted by molar-refractivity contribution is 0.108. The molecule has 0 amide bonds. The molecule has 2 rings (SSSR count). The van der Waals surface area contributed by atoms with Crippen LogP contribution in [0, 0.1) is 5.41 Å². The molecule has 1 unspecified atom stereocenters. The molecule has 3 heteroatoms. The van der Waals surface area contributed by atoms with Crippen molar-refractivity contribution in [3.05, 3.63) is 0 Å². The maximum Gasteiger partial charge on any atom is 0.0547 e. The van der Waals surface area contributed by atoms with Crippen molar-refractivity contribution in [2.45, 2.75) is 32.2 Å². The van der Waals surface area contributed by atoms with E-state index in [2.05, 4.69) is 17.1 Å². The number of ether oxygens (including phenoxy) is 1. The predicted molar refractivity (Wildman–Crippen MR) is 62.1 cm³/mol. The fraction of sp³-hybridized carbons (Fsp3) is 1.00. The van der Waals surface area contributed by atoms with E-state index in [-0.39, 0.29) is 0 Å². The minimum absolute atomic E-state index is 0.382. The van der Waals surface area contributed by atoms with Gasteiger partial charge in [-0.05, 0) is 32.9 Å². The quantitative estimate of drug-likeness (QED) is 0.713. The Morgan fingerprint density at radius 3 is 2.73 bits per heavy atom. The van der Waals surface area contributed by atoms with Crippen LogP contribution in [0.4, 0.5) is 0 Å². The summed E-state index contributed by atoms with van der Waals surface area (Å²) in [7, 11) is 2.05. The van der Waals surface area contributed by atoms with Crippen LogP contribution in [0.1, 0.15) is 26.2 Å². The summed E-state index contributed by atoms with van der Waals surface area (Å²) < 4.78 is 5.59. The molecular formula is C12H24N2O. The molecule has 2 aliphatic rings. The highest BCUT2D eigenvalue weighted by molar-refractivity contribution is 4.92. The van der Waals surface area contributed by atoms with Crippen molar-refractivity contribution in [2.24, 2.45) is 5.41 Å². The average Bonchev–Trinajstić information content (AvgIpc) is 2.98. The smallest absolute Gasteiger partial charge is 0.0547 e. The van der Waals surface area contributed by atoms with Crippen LogP contribution >= 0.6 is 0 Å². The minimum Gasteiger partial charge on any atom is -0.381 e. The topological polar surface area (TPSA) is 24.5 Å². The zero-order valence-electron chi connectivity index (χ0n) is 10.1. The molecule has 2 fully saturated rings. The van der Waals surface area contributed by atoms with Gasteiger partial charge in [-0.15, -0.1) is 0 Å². The van der Waals surface area contributed by atoms with Gasteiger partial charge < -0.3 is 10.1 Å². The van der Waals surface area contributed by atoms with E-state index in [0.717, 1.165) is 25.8 Å². The van der Waals surface area contributed by atoms with Crippen LogP contribution in [-0.2, 0) is 4.74 Å². The Morgan fingerprint density at radius 2 is 2.27 bits per heavy atom. The first-order valence-corrected chi connectivity index (χ1v) is 6.26. The predicted octanol–water partition coefficient (Wildman–Crippen LogP) is 1.10. The van der Waals surface area contributed by atoms with E-state index in [0.29, 0.717) is 5.41 Å². The highest BCUT2D eigenvalue weighted by Gasteiger charge is 2.39. The normalized spacial score (nSPS) is 31.4. The maximum absolute atomic E-state index is 5.59. The van der Waals surface area contributed by atoms with E-state index < -0.39 is 0 Å². The number of hydrogen-bond acceptors (Lipinski definition) is 3. The summed E-state index contributed by atoms with van der Waals surface area (Å²) in [4.78, 5) is 2.64. The molecule has 0 aromatic heterocycles. The van der Waals surface area contributed by atoms with E-state index in [4.69, 9.17) is 4.74 Å². The number of nitrogens with one attached hydrogen (secondary N) is 1. The Hall–Kier alpha value is -0.120. The van der Waals surface area contributed by atoms with Crippen LogP contribution in [0.3, 0.4) is 0 Å². The van der Waals surface area contributed by atoms with Gasteiger partial charge in [-0.1, -0.05) is 6.92 Å². The van der Waals surface area contributed by atoms with Crippen molar-refractivity contribution in [3.63, 3.8) is 0 Å². The van der Waals surface area contributed by atoms with Crippen LogP contribution < -0.4 is 5.32 Å². The van der Waals surface area contributed by atoms with Crippen LogP contribution in [0.15, 0.2) is 0 Å². The highest BCUT2D eigenvalue weighted by Crippen LogP contribution is 2.34. The molecular weight excluding hydrogens is 188 g/mol. The summed E-state index contributed by atoms with van der Waals surface area (Å²) in [6.45, 7) is 7.67. The average molecular weight is 212 g/mol. The van der Waals surface area contributed by atoms with E-state index in [1.807, 2.05) is 7.05 Å². The van der Waals surface area contributed by atoms with Crippen LogP contribution in [-0.4, -0.2) is 50.8 Å². The number of rotatable bonds is 6. The molecule has 0 aromatic rings. The number of hydrogen-bond donors (Lipinski definition) is 1. The summed E-state index contributed by atoms with van der Waals surface area (Å²) >= 11 is 0. The molecule has 15 heavy (non-hydrogen) atoms. The first kappa shape index (κ1) is 11.4. The first-order valence-electron chi connectivity index (χ1n) is 6.26. The van der Waals surface area contributed by atoms with Gasteiger partial charge in [-0.2, -0.15) is 0 Å². The lowest BCUT2D eigenvalue weighted by atomic mass is 9.86. The van der Waals surface area contributed by atoms with E-state index in [1.165, 1.54) is 32.4 Å². The minimum atomic E-state index is 0.382. The van der Waals surface area contributed by atoms with Crippen LogP contribution in [0.2, 0.25) is 0 Å². The van der Waals surface area contributed by atoms with Gasteiger partial charge in [0.25, 0.3) is 0 Å². The summed E-state index contributed by atoms with van der Waals surface area (Å²) in [5.41, 5.74) is 0.382. The van der Waals surface area contributed by atoms with Crippen molar-refractivity contribution in [1.29, 1.82) is 0 Å². The number of nitrogens with zero attached hydrogens (tertiary/aromatic N) is 1. The molecule has 1 aliphatic carbocycles. The summed E-state index contributed by atoms with van der Waals surface area (Å²) in [6.07, 6.45) is 4.03. The Balaban J connectivity index is 1.92. The second kappa shape index (κ2) is 4.81. The standard InChI is InChI=1S/C12H24N2O/c1-3-14(11-4-5-11)9-12(8-13-2)6-7-15-10-12/h11,13H,3-10H2,1-2H3. The molecule has 88 valence electrons. The second-order valence-corrected chi connectivity index (χ2v) is 5.13. The molecule has 0 aromatic carbocycles. The third-order valence-electron chi connectivity index (χ3n) is 3.74. The van der Waals surface area contributed by atoms with Gasteiger partial charge in [0.2, 0.25) is 0 Å². The van der Waals surface area contributed by atoms with Gasteiger partial charge in [0, 0.05) is 31.2 Å². The second-order valence-electron chi connectivity index (χ2n) is 5.13. The monoisotopic (exact) mass is 212 g/mol. The molecule has 1 N–H and O–H groups in total. The zero-order valence-corrected chi connectivity index (χ0v) is 10.1. The lowest BCUT2D eigenvalue weighted by Gasteiger charge is -2.33. The van der Waals surface area contributed by atoms with Crippen molar-refractivity contribution < 1.29 is 4.74 Å². The SMILES string of the molecule is CCN(CC1(CNC)CCOC1)C1CC1. The van der Waals surface area contributed by atoms with Crippen molar-refractivity contribution >= 4 is 0 Å². The van der Waals surface area contributed by atoms with Crippen molar-refractivity contribution in [2.75, 3.05) is 39.9 Å². The molecule has 0 spiro atoms. The Morgan fingerprint density at radius 1 is 1.47 bits per heavy atom. The maximum atomic E-state index is 5.59. The van der Waals surface area contributed by atoms with Crippen molar-refractivity contribution in [1.82, 2.24) is 10.2 Å². The Labute approximate surface area is 93.2 Å². The largest absolute Gasteiger partial charge is 0.381 e. The lowest BCUT2D eigenvalue weighted by Crippen LogP contribution is -2.44. The first-order chi connectivity index (χ1) is 7.29. The zero-order chi connectivity index (χ0) is 10.7. The summed E-state index contributed by atoms with van der Waals surface area (Å²) in [6, 6.07) is 0.879. The molecule has 3 nitrogen and oxygen atoms in total. The van der Waals surface area contributed by atoms with Gasteiger partial charge in [0.1, 0.15) is 0 Å². The van der Waals surface area contributed by atoms with E-state index >= 15 is 0 Å². The molecule has 1 saturated carbocycles. The van der Waals surface area contributed by atoms with E-state index in [1.54, 1.807) is 0 Å². The van der Waals surface area contributed by atoms with Crippen LogP contribution in [0.5, 0.6) is 0 Å². The fourth-order valence-electron chi connectivity index (χ4n) is 2.71. The molecule has 1 saturated heterocycles. The summed E-state index contributed by atoms with van der Waals surface area (Å²) in [5.74, 6) is 0. The van der Waals surface area contributed by atoms with Crippen molar-refractivity contribution in [3.8, 4) is 0 Å². The summed E-state index contributed by atoms with van der Waals surface area (Å²) in [5, 5.41) is 3.33. The van der Waals surface area contributed by atoms with Gasteiger partial charge in [0.05, 0.1) is 6.61 Å². The third-order valence-corrected chi connectivity index (χ3v) is 3.74. The fourth-order valence-corrected chi connectivity index (χ4v) is 2.71. The van der Waals surface area contributed by atoms with E-state index in [9.17, 15) is 0 Å². The van der Waals surface area contributed by atoms with Gasteiger partial charge >= 0.3 is 0 Å². The molecule has 1 atom stereocenters.